The monoisotopic (exact) mass is 648 g/mol. The van der Waals surface area contributed by atoms with Crippen LogP contribution in [0, 0.1) is 13.8 Å². The molecule has 1 aromatic carbocycles. The summed E-state index contributed by atoms with van der Waals surface area (Å²) >= 11 is 0. The zero-order valence-electron chi connectivity index (χ0n) is 27.9. The van der Waals surface area contributed by atoms with Crippen molar-refractivity contribution in [3.63, 3.8) is 0 Å². The minimum Gasteiger partial charge on any atom is -0.496 e. The normalized spacial score (nSPS) is 13.0. The van der Waals surface area contributed by atoms with Crippen molar-refractivity contribution in [1.82, 2.24) is 10.3 Å². The van der Waals surface area contributed by atoms with E-state index in [0.717, 1.165) is 47.4 Å². The lowest BCUT2D eigenvalue weighted by Crippen LogP contribution is -2.46. The zero-order chi connectivity index (χ0) is 33.1. The van der Waals surface area contributed by atoms with Gasteiger partial charge in [0.1, 0.15) is 18.1 Å². The second-order valence-electron chi connectivity index (χ2n) is 12.3. The molecule has 0 saturated carbocycles. The lowest BCUT2D eigenvalue weighted by atomic mass is 10.0. The predicted molar refractivity (Wildman–Crippen MR) is 180 cm³/mol. The van der Waals surface area contributed by atoms with Gasteiger partial charge in [0, 0.05) is 23.7 Å². The standard InChI is InChI=1S/C35H57N2O7P/c1-5-6-7-8-9-10-11-12-13-14-15-16-17-18-34(39)37-31(33(38)26-45(40,41)42)23-29-19-21-30(22-20-29)44-25-32-28(3)35(43-4)27(2)24-36-32/h19-22,24,31,33,38H,5-18,23,25-26H2,1-4H3,(H,37,39)(H2,40,41,42)/t31-,33+/m0/s1. The minimum atomic E-state index is -4.47. The molecule has 9 nitrogen and oxygen atoms in total. The van der Waals surface area contributed by atoms with Crippen LogP contribution in [0.2, 0.25) is 0 Å². The number of rotatable bonds is 24. The van der Waals surface area contributed by atoms with Crippen molar-refractivity contribution in [3.8, 4) is 11.5 Å². The van der Waals surface area contributed by atoms with Crippen LogP contribution in [0.5, 0.6) is 11.5 Å². The van der Waals surface area contributed by atoms with Gasteiger partial charge in [-0.05, 0) is 44.4 Å². The summed E-state index contributed by atoms with van der Waals surface area (Å²) < 4.78 is 23.0. The van der Waals surface area contributed by atoms with E-state index in [1.807, 2.05) is 26.0 Å². The average Bonchev–Trinajstić information content (AvgIpc) is 2.99. The van der Waals surface area contributed by atoms with E-state index in [9.17, 15) is 24.3 Å². The number of nitrogens with one attached hydrogen (secondary N) is 1. The highest BCUT2D eigenvalue weighted by molar-refractivity contribution is 7.51. The maximum Gasteiger partial charge on any atom is 0.328 e. The van der Waals surface area contributed by atoms with Gasteiger partial charge in [-0.25, -0.2) is 0 Å². The van der Waals surface area contributed by atoms with Crippen LogP contribution in [0.25, 0.3) is 0 Å². The van der Waals surface area contributed by atoms with E-state index in [-0.39, 0.29) is 18.9 Å². The van der Waals surface area contributed by atoms with Gasteiger partial charge >= 0.3 is 7.60 Å². The van der Waals surface area contributed by atoms with Gasteiger partial charge in [0.25, 0.3) is 0 Å². The Hall–Kier alpha value is -2.45. The number of hydrogen-bond acceptors (Lipinski definition) is 6. The highest BCUT2D eigenvalue weighted by atomic mass is 31.2. The Bertz CT molecular complexity index is 1170. The second kappa shape index (κ2) is 21.4. The van der Waals surface area contributed by atoms with Gasteiger partial charge in [-0.3, -0.25) is 14.3 Å². The number of unbranched alkanes of at least 4 members (excludes halogenated alkanes) is 12. The van der Waals surface area contributed by atoms with E-state index in [0.29, 0.717) is 12.2 Å². The number of nitrogens with zero attached hydrogens (tertiary/aromatic N) is 1. The Morgan fingerprint density at radius 2 is 1.47 bits per heavy atom. The number of hydrogen-bond donors (Lipinski definition) is 4. The van der Waals surface area contributed by atoms with Gasteiger partial charge in [-0.1, -0.05) is 96.1 Å². The van der Waals surface area contributed by atoms with Crippen molar-refractivity contribution in [2.75, 3.05) is 13.3 Å². The maximum atomic E-state index is 12.7. The number of carbonyl (C=O) groups is 1. The number of pyridine rings is 1. The Morgan fingerprint density at radius 3 is 2.00 bits per heavy atom. The van der Waals surface area contributed by atoms with Crippen molar-refractivity contribution >= 4 is 13.5 Å². The summed E-state index contributed by atoms with van der Waals surface area (Å²) in [5.74, 6) is 1.19. The molecule has 2 atom stereocenters. The summed E-state index contributed by atoms with van der Waals surface area (Å²) in [5, 5.41) is 13.5. The first-order chi connectivity index (χ1) is 21.5. The smallest absolute Gasteiger partial charge is 0.328 e. The third-order valence-corrected chi connectivity index (χ3v) is 9.10. The summed E-state index contributed by atoms with van der Waals surface area (Å²) in [6.45, 7) is 6.39. The molecule has 0 aliphatic heterocycles. The summed E-state index contributed by atoms with van der Waals surface area (Å²) in [6.07, 6.45) is 16.0. The number of amides is 1. The molecule has 1 aromatic heterocycles. The number of aliphatic hydroxyl groups is 1. The average molecular weight is 649 g/mol. The molecule has 4 N–H and O–H groups in total. The molecule has 0 fully saturated rings. The van der Waals surface area contributed by atoms with Crippen LogP contribution in [0.15, 0.2) is 30.5 Å². The van der Waals surface area contributed by atoms with Crippen LogP contribution in [-0.4, -0.2) is 51.2 Å². The Morgan fingerprint density at radius 1 is 0.911 bits per heavy atom. The van der Waals surface area contributed by atoms with E-state index >= 15 is 0 Å². The van der Waals surface area contributed by atoms with Crippen molar-refractivity contribution in [1.29, 1.82) is 0 Å². The largest absolute Gasteiger partial charge is 0.496 e. The molecule has 0 bridgehead atoms. The van der Waals surface area contributed by atoms with Crippen molar-refractivity contribution in [2.45, 2.75) is 136 Å². The first kappa shape index (κ1) is 38.7. The quantitative estimate of drug-likeness (QED) is 0.0686. The topological polar surface area (TPSA) is 138 Å². The van der Waals surface area contributed by atoms with Crippen molar-refractivity contribution in [3.05, 3.63) is 52.8 Å². The van der Waals surface area contributed by atoms with Gasteiger partial charge in [0.2, 0.25) is 5.91 Å². The molecule has 2 aromatic rings. The summed E-state index contributed by atoms with van der Waals surface area (Å²) in [5.41, 5.74) is 3.44. The van der Waals surface area contributed by atoms with Crippen LogP contribution in [0.4, 0.5) is 0 Å². The molecule has 0 aliphatic rings. The predicted octanol–water partition coefficient (Wildman–Crippen LogP) is 7.33. The summed E-state index contributed by atoms with van der Waals surface area (Å²) in [7, 11) is -2.84. The van der Waals surface area contributed by atoms with Crippen LogP contribution < -0.4 is 14.8 Å². The molecular formula is C35H57N2O7P. The molecule has 0 unspecified atom stereocenters. The van der Waals surface area contributed by atoms with Crippen molar-refractivity contribution in [2.24, 2.45) is 0 Å². The minimum absolute atomic E-state index is 0.218. The number of aliphatic hydroxyl groups excluding tert-OH is 1. The van der Waals surface area contributed by atoms with Gasteiger partial charge in [0.15, 0.2) is 0 Å². The Labute approximate surface area is 270 Å². The highest BCUT2D eigenvalue weighted by Crippen LogP contribution is 2.36. The van der Waals surface area contributed by atoms with Crippen LogP contribution in [-0.2, 0) is 22.4 Å². The molecule has 2 rings (SSSR count). The molecule has 254 valence electrons. The number of benzene rings is 1. The van der Waals surface area contributed by atoms with Crippen LogP contribution >= 0.6 is 7.60 Å². The molecule has 0 spiro atoms. The molecule has 0 saturated heterocycles. The second-order valence-corrected chi connectivity index (χ2v) is 14.0. The number of carbonyl (C=O) groups excluding carboxylic acids is 1. The number of aryl methyl sites for hydroxylation is 1. The third kappa shape index (κ3) is 16.1. The number of ether oxygens (including phenoxy) is 2. The summed E-state index contributed by atoms with van der Waals surface area (Å²) in [4.78, 5) is 36.1. The molecular weight excluding hydrogens is 591 g/mol. The van der Waals surface area contributed by atoms with Crippen LogP contribution in [0.1, 0.15) is 119 Å². The molecule has 45 heavy (non-hydrogen) atoms. The lowest BCUT2D eigenvalue weighted by molar-refractivity contribution is -0.122. The fraction of sp³-hybridized carbons (Fsp3) is 0.657. The third-order valence-electron chi connectivity index (χ3n) is 8.25. The van der Waals surface area contributed by atoms with E-state index in [4.69, 9.17) is 9.47 Å². The fourth-order valence-corrected chi connectivity index (χ4v) is 6.32. The van der Waals surface area contributed by atoms with E-state index in [1.54, 1.807) is 25.4 Å². The zero-order valence-corrected chi connectivity index (χ0v) is 28.8. The molecule has 0 radical (unpaired) electrons. The fourth-order valence-electron chi connectivity index (χ4n) is 5.58. The van der Waals surface area contributed by atoms with Gasteiger partial charge in [-0.15, -0.1) is 0 Å². The number of methoxy groups -OCH3 is 1. The van der Waals surface area contributed by atoms with Gasteiger partial charge in [0.05, 0.1) is 31.1 Å². The maximum absolute atomic E-state index is 12.7. The lowest BCUT2D eigenvalue weighted by Gasteiger charge is -2.25. The van der Waals surface area contributed by atoms with E-state index in [2.05, 4.69) is 17.2 Å². The molecule has 1 amide bonds. The first-order valence-electron chi connectivity index (χ1n) is 16.8. The van der Waals surface area contributed by atoms with Crippen molar-refractivity contribution < 1.29 is 33.7 Å². The summed E-state index contributed by atoms with van der Waals surface area (Å²) in [6, 6.07) is 6.39. The van der Waals surface area contributed by atoms with Crippen LogP contribution in [0.3, 0.4) is 0 Å². The molecule has 1 heterocycles. The Kier molecular flexibility index (Phi) is 18.4. The molecule has 10 heteroatoms. The van der Waals surface area contributed by atoms with E-state index in [1.165, 1.54) is 64.2 Å². The first-order valence-corrected chi connectivity index (χ1v) is 18.6. The SMILES string of the molecule is CCCCCCCCCCCCCCCC(=O)N[C@@H](Cc1ccc(OCc2ncc(C)c(OC)c2C)cc1)[C@H](O)CP(=O)(O)O. The Balaban J connectivity index is 1.79. The highest BCUT2D eigenvalue weighted by Gasteiger charge is 2.28. The van der Waals surface area contributed by atoms with Gasteiger partial charge in [-0.2, -0.15) is 0 Å². The van der Waals surface area contributed by atoms with Gasteiger partial charge < -0.3 is 29.7 Å². The van der Waals surface area contributed by atoms with E-state index < -0.39 is 25.9 Å². The molecule has 0 aliphatic carbocycles. The number of aromatic nitrogens is 1.